The molecule has 3 rings (SSSR count). The van der Waals surface area contributed by atoms with E-state index < -0.39 is 0 Å². The first-order chi connectivity index (χ1) is 10.3. The zero-order valence-electron chi connectivity index (χ0n) is 12.3. The highest BCUT2D eigenvalue weighted by atomic mass is 79.9. The van der Waals surface area contributed by atoms with Crippen LogP contribution in [0, 0.1) is 0 Å². The largest absolute Gasteiger partial charge is 0.493 e. The molecule has 1 atom stereocenters. The zero-order chi connectivity index (χ0) is 14.7. The number of fused-ring (bicyclic) bond motifs is 1. The van der Waals surface area contributed by atoms with Gasteiger partial charge in [-0.15, -0.1) is 0 Å². The quantitative estimate of drug-likeness (QED) is 0.773. The van der Waals surface area contributed by atoms with Crippen molar-refractivity contribution < 1.29 is 9.53 Å². The van der Waals surface area contributed by atoms with Crippen molar-refractivity contribution in [2.75, 3.05) is 18.5 Å². The number of carbonyl (C=O) groups excluding carboxylic acids is 1. The summed E-state index contributed by atoms with van der Waals surface area (Å²) in [6, 6.07) is 8.42. The van der Waals surface area contributed by atoms with Gasteiger partial charge in [-0.2, -0.15) is 0 Å². The first-order valence-corrected chi connectivity index (χ1v) is 9.01. The molecular weight excluding hydrogens is 330 g/mol. The van der Waals surface area contributed by atoms with Crippen molar-refractivity contribution in [3.05, 3.63) is 29.8 Å². The van der Waals surface area contributed by atoms with Crippen LogP contribution in [-0.2, 0) is 4.79 Å². The Morgan fingerprint density at radius 2 is 2.00 bits per heavy atom. The molecule has 1 aromatic rings. The van der Waals surface area contributed by atoms with Gasteiger partial charge in [-0.25, -0.2) is 0 Å². The zero-order valence-corrected chi connectivity index (χ0v) is 13.8. The summed E-state index contributed by atoms with van der Waals surface area (Å²) in [5.74, 6) is 1.14. The molecule has 1 aliphatic carbocycles. The van der Waals surface area contributed by atoms with Crippen molar-refractivity contribution in [2.24, 2.45) is 0 Å². The minimum absolute atomic E-state index is 0.0328. The van der Waals surface area contributed by atoms with Crippen LogP contribution in [0.1, 0.15) is 43.6 Å². The Morgan fingerprint density at radius 1 is 1.24 bits per heavy atom. The highest BCUT2D eigenvalue weighted by Gasteiger charge is 2.34. The molecule has 0 N–H and O–H groups in total. The molecule has 21 heavy (non-hydrogen) atoms. The lowest BCUT2D eigenvalue weighted by molar-refractivity contribution is -0.135. The Bertz CT molecular complexity index is 499. The van der Waals surface area contributed by atoms with Gasteiger partial charge in [0, 0.05) is 23.5 Å². The summed E-state index contributed by atoms with van der Waals surface area (Å²) >= 11 is 3.50. The van der Waals surface area contributed by atoms with Crippen LogP contribution in [0.5, 0.6) is 5.75 Å². The fourth-order valence-corrected chi connectivity index (χ4v) is 3.96. The third-order valence-electron chi connectivity index (χ3n) is 4.63. The fourth-order valence-electron chi connectivity index (χ4n) is 3.58. The summed E-state index contributed by atoms with van der Waals surface area (Å²) < 4.78 is 5.69. The number of hydrogen-bond donors (Lipinski definition) is 0. The third-order valence-corrected chi connectivity index (χ3v) is 4.99. The Kier molecular flexibility index (Phi) is 4.84. The molecule has 1 saturated carbocycles. The Hall–Kier alpha value is -1.03. The molecular formula is C17H22BrNO2. The maximum atomic E-state index is 13.1. The van der Waals surface area contributed by atoms with Gasteiger partial charge in [0.05, 0.1) is 12.5 Å². The number of hydrogen-bond acceptors (Lipinski definition) is 2. The standard InChI is InChI=1S/C17H22BrNO2/c18-10-11-19(13-5-1-2-6-13)17(20)15-9-12-21-16-8-4-3-7-14(15)16/h3-4,7-8,13,15H,1-2,5-6,9-12H2. The van der Waals surface area contributed by atoms with E-state index in [0.29, 0.717) is 12.6 Å². The molecule has 1 amide bonds. The van der Waals surface area contributed by atoms with Crippen molar-refractivity contribution in [3.8, 4) is 5.75 Å². The fraction of sp³-hybridized carbons (Fsp3) is 0.588. The molecule has 4 heteroatoms. The van der Waals surface area contributed by atoms with Crippen molar-refractivity contribution in [1.82, 2.24) is 4.90 Å². The van der Waals surface area contributed by atoms with Crippen LogP contribution in [0.2, 0.25) is 0 Å². The van der Waals surface area contributed by atoms with Crippen molar-refractivity contribution in [2.45, 2.75) is 44.1 Å². The number of carbonyl (C=O) groups is 1. The summed E-state index contributed by atoms with van der Waals surface area (Å²) in [5.41, 5.74) is 1.06. The molecule has 1 heterocycles. The first-order valence-electron chi connectivity index (χ1n) is 7.89. The van der Waals surface area contributed by atoms with Crippen molar-refractivity contribution in [1.29, 1.82) is 0 Å². The summed E-state index contributed by atoms with van der Waals surface area (Å²) in [7, 11) is 0. The number of nitrogens with zero attached hydrogens (tertiary/aromatic N) is 1. The number of para-hydroxylation sites is 1. The number of ether oxygens (including phenoxy) is 1. The Balaban J connectivity index is 1.83. The van der Waals surface area contributed by atoms with E-state index in [1.54, 1.807) is 0 Å². The Morgan fingerprint density at radius 3 is 2.76 bits per heavy atom. The SMILES string of the molecule is O=C(C1CCOc2ccccc21)N(CCBr)C1CCCC1. The summed E-state index contributed by atoms with van der Waals surface area (Å²) in [5, 5.41) is 0.847. The second kappa shape index (κ2) is 6.82. The van der Waals surface area contributed by atoms with Gasteiger partial charge in [-0.05, 0) is 25.3 Å². The second-order valence-corrected chi connectivity index (χ2v) is 6.68. The summed E-state index contributed by atoms with van der Waals surface area (Å²) in [4.78, 5) is 15.2. The molecule has 0 saturated heterocycles. The van der Waals surface area contributed by atoms with E-state index in [1.807, 2.05) is 24.3 Å². The highest BCUT2D eigenvalue weighted by Crippen LogP contribution is 2.36. The van der Waals surface area contributed by atoms with Gasteiger partial charge in [0.15, 0.2) is 0 Å². The lowest BCUT2D eigenvalue weighted by Crippen LogP contribution is -2.43. The number of benzene rings is 1. The van der Waals surface area contributed by atoms with Gasteiger partial charge in [0.1, 0.15) is 5.75 Å². The minimum atomic E-state index is -0.0328. The van der Waals surface area contributed by atoms with Crippen LogP contribution in [-0.4, -0.2) is 35.3 Å². The lowest BCUT2D eigenvalue weighted by atomic mass is 9.91. The molecule has 2 aliphatic rings. The topological polar surface area (TPSA) is 29.5 Å². The normalized spacial score (nSPS) is 21.7. The molecule has 1 aromatic carbocycles. The second-order valence-electron chi connectivity index (χ2n) is 5.89. The van der Waals surface area contributed by atoms with Gasteiger partial charge in [0.25, 0.3) is 0 Å². The van der Waals surface area contributed by atoms with Crippen LogP contribution < -0.4 is 4.74 Å². The summed E-state index contributed by atoms with van der Waals surface area (Å²) in [6.45, 7) is 1.45. The smallest absolute Gasteiger partial charge is 0.230 e. The van der Waals surface area contributed by atoms with E-state index in [0.717, 1.165) is 42.5 Å². The van der Waals surface area contributed by atoms with Crippen molar-refractivity contribution in [3.63, 3.8) is 0 Å². The maximum Gasteiger partial charge on any atom is 0.230 e. The highest BCUT2D eigenvalue weighted by molar-refractivity contribution is 9.09. The molecule has 0 radical (unpaired) electrons. The van der Waals surface area contributed by atoms with Gasteiger partial charge in [-0.1, -0.05) is 47.0 Å². The van der Waals surface area contributed by atoms with E-state index in [9.17, 15) is 4.79 Å². The molecule has 1 aliphatic heterocycles. The monoisotopic (exact) mass is 351 g/mol. The van der Waals surface area contributed by atoms with E-state index in [-0.39, 0.29) is 11.8 Å². The van der Waals surface area contributed by atoms with Crippen LogP contribution >= 0.6 is 15.9 Å². The van der Waals surface area contributed by atoms with E-state index in [1.165, 1.54) is 12.8 Å². The van der Waals surface area contributed by atoms with Crippen LogP contribution in [0.3, 0.4) is 0 Å². The van der Waals surface area contributed by atoms with Crippen LogP contribution in [0.25, 0.3) is 0 Å². The molecule has 114 valence electrons. The van der Waals surface area contributed by atoms with E-state index in [2.05, 4.69) is 20.8 Å². The van der Waals surface area contributed by atoms with Crippen LogP contribution in [0.4, 0.5) is 0 Å². The van der Waals surface area contributed by atoms with Gasteiger partial charge in [-0.3, -0.25) is 4.79 Å². The molecule has 0 spiro atoms. The molecule has 1 unspecified atom stereocenters. The van der Waals surface area contributed by atoms with Gasteiger partial charge in [0.2, 0.25) is 5.91 Å². The minimum Gasteiger partial charge on any atom is -0.493 e. The van der Waals surface area contributed by atoms with E-state index >= 15 is 0 Å². The van der Waals surface area contributed by atoms with Gasteiger partial charge >= 0.3 is 0 Å². The molecule has 0 bridgehead atoms. The van der Waals surface area contributed by atoms with Gasteiger partial charge < -0.3 is 9.64 Å². The lowest BCUT2D eigenvalue weighted by Gasteiger charge is -2.34. The first kappa shape index (κ1) is 14.9. The summed E-state index contributed by atoms with van der Waals surface area (Å²) in [6.07, 6.45) is 5.61. The average molecular weight is 352 g/mol. The predicted octanol–water partition coefficient (Wildman–Crippen LogP) is 3.72. The number of halogens is 1. The number of rotatable bonds is 4. The molecule has 1 fully saturated rings. The molecule has 0 aromatic heterocycles. The Labute approximate surface area is 134 Å². The predicted molar refractivity (Wildman–Crippen MR) is 87.1 cm³/mol. The van der Waals surface area contributed by atoms with Crippen LogP contribution in [0.15, 0.2) is 24.3 Å². The average Bonchev–Trinajstić information content (AvgIpc) is 3.05. The number of amides is 1. The van der Waals surface area contributed by atoms with Crippen molar-refractivity contribution >= 4 is 21.8 Å². The van der Waals surface area contributed by atoms with E-state index in [4.69, 9.17) is 4.74 Å². The number of alkyl halides is 1. The molecule has 3 nitrogen and oxygen atoms in total. The maximum absolute atomic E-state index is 13.1. The third kappa shape index (κ3) is 3.10.